The first-order valence-corrected chi connectivity index (χ1v) is 31.1. The molecule has 2 aliphatic rings. The van der Waals surface area contributed by atoms with E-state index >= 15 is 0 Å². The zero-order valence-corrected chi connectivity index (χ0v) is 53.5. The van der Waals surface area contributed by atoms with Gasteiger partial charge in [0.05, 0.1) is 45.8 Å². The maximum absolute atomic E-state index is 12.5. The van der Waals surface area contributed by atoms with Crippen molar-refractivity contribution in [3.63, 3.8) is 0 Å². The average molecular weight is 1290 g/mol. The van der Waals surface area contributed by atoms with Crippen LogP contribution in [0.25, 0.3) is 5.69 Å². The summed E-state index contributed by atoms with van der Waals surface area (Å²) in [7, 11) is -1.47. The first-order chi connectivity index (χ1) is 39.0. The van der Waals surface area contributed by atoms with Gasteiger partial charge in [0.1, 0.15) is 42.5 Å². The molecule has 0 saturated heterocycles. The summed E-state index contributed by atoms with van der Waals surface area (Å²) < 4.78 is 29.7. The molecule has 0 fully saturated rings. The second kappa shape index (κ2) is 34.6. The van der Waals surface area contributed by atoms with Crippen molar-refractivity contribution in [2.75, 3.05) is 72.6 Å². The normalized spacial score (nSPS) is 14.6. The van der Waals surface area contributed by atoms with Crippen LogP contribution in [0.1, 0.15) is 84.7 Å². The van der Waals surface area contributed by atoms with Crippen LogP contribution in [0.4, 0.5) is 23.3 Å². The van der Waals surface area contributed by atoms with Crippen molar-refractivity contribution >= 4 is 118 Å². The molecule has 28 heteroatoms. The molecule has 4 heterocycles. The number of fused-ring (bicyclic) bond motifs is 2. The molecule has 7 rings (SSSR count). The van der Waals surface area contributed by atoms with Crippen LogP contribution in [0.2, 0.25) is 15.3 Å². The van der Waals surface area contributed by atoms with Gasteiger partial charge < -0.3 is 50.4 Å². The molecule has 0 spiro atoms. The molecule has 2 aromatic heterocycles. The fourth-order valence-electron chi connectivity index (χ4n) is 8.01. The smallest absolute Gasteiger partial charge is 0.350 e. The lowest BCUT2D eigenvalue weighted by molar-refractivity contribution is -0.138. The Balaban J connectivity index is 0.000000277. The maximum Gasteiger partial charge on any atom is 0.350 e. The largest absolute Gasteiger partial charge is 0.489 e. The van der Waals surface area contributed by atoms with Crippen molar-refractivity contribution in [1.82, 2.24) is 29.3 Å². The highest BCUT2D eigenvalue weighted by molar-refractivity contribution is 7.57. The summed E-state index contributed by atoms with van der Waals surface area (Å²) in [6.45, 7) is 19.6. The number of alkyl halides is 3. The number of carbonyl (C=O) groups excluding carboxylic acids is 2. The lowest BCUT2D eigenvalue weighted by Gasteiger charge is -2.35. The van der Waals surface area contributed by atoms with Gasteiger partial charge in [0.2, 0.25) is 23.1 Å². The molecule has 0 aliphatic carbocycles. The fourth-order valence-corrected chi connectivity index (χ4v) is 9.78. The number of nitrogens with zero attached hydrogens (tertiary/aromatic N) is 8. The standard InChI is InChI=1S/C15H13Cl2N3O2.C15H22ClNO2.C11H11Cl2NO2.C9H16ClN5.C5H12NO4P/c1-2-7-22-13-9-12(10(16)8-11(13)17)20-15(21)19-6-4-3-5-14(19)18-20;1-5-13-8-6-7-11(2)15(13)17(14(18)9-16)12(3)10-19-4;1-7-6-16-9-5-3-2-4-8(9)14(7)11(15)10(12)13;1-5-11-7-12-6(10)13-8(14-7)15-9(2,3)4;1-11(9,10)3-2-4(6)5(7)8/h1,8-9H,3-7H2;6-8,12H,5,9-10H2,1-4H3;2-5,7,10H,6H2,1H3;5H2,1-4H3,(H2,11,12,13,14,15);4H,2-3,6H2,1H3,(H,7,8)(H,9,10). The number of rotatable bonds is 17. The van der Waals surface area contributed by atoms with Crippen LogP contribution in [0.15, 0.2) is 59.4 Å². The van der Waals surface area contributed by atoms with Crippen LogP contribution >= 0.6 is 77.0 Å². The SMILES string of the molecule is C#CCOc1cc(-n2nc3n(c2=O)CCCC3)c(Cl)cc1Cl.CC1COc2ccccc2N1C(=O)C(Cl)Cl.CCNc1nc(Cl)nc(NC(C)(C)C)n1.CCc1cccc(C)c1N(C(=O)CCl)C(C)COC.CP(=O)(O)CCC(N)C(=O)O. The van der Waals surface area contributed by atoms with Gasteiger partial charge in [0.15, 0.2) is 12.2 Å². The quantitative estimate of drug-likeness (QED) is 0.0329. The summed E-state index contributed by atoms with van der Waals surface area (Å²) in [6.07, 6.45) is 8.85. The van der Waals surface area contributed by atoms with Crippen molar-refractivity contribution in [1.29, 1.82) is 0 Å². The number of para-hydroxylation sites is 3. The number of aliphatic carboxylic acids is 1. The van der Waals surface area contributed by atoms with Gasteiger partial charge in [-0.25, -0.2) is 4.79 Å². The van der Waals surface area contributed by atoms with Gasteiger partial charge in [-0.2, -0.15) is 19.6 Å². The first-order valence-electron chi connectivity index (χ1n) is 26.3. The number of amides is 2. The minimum atomic E-state index is -3.10. The van der Waals surface area contributed by atoms with Crippen LogP contribution in [0.3, 0.4) is 0 Å². The minimum Gasteiger partial charge on any atom is -0.489 e. The number of anilines is 4. The molecular formula is C55H74Cl6N11O10P. The number of nitrogens with one attached hydrogen (secondary N) is 2. The number of terminal acetylenes is 1. The van der Waals surface area contributed by atoms with E-state index in [1.807, 2.05) is 84.9 Å². The number of carbonyl (C=O) groups is 3. The van der Waals surface area contributed by atoms with Gasteiger partial charge in [-0.05, 0) is 115 Å². The Labute approximate surface area is 515 Å². The zero-order valence-electron chi connectivity index (χ0n) is 48.1. The predicted molar refractivity (Wildman–Crippen MR) is 333 cm³/mol. The molecule has 83 heavy (non-hydrogen) atoms. The highest BCUT2D eigenvalue weighted by atomic mass is 35.5. The molecular weight excluding hydrogens is 1220 g/mol. The number of methoxy groups -OCH3 is 1. The number of halogens is 6. The Morgan fingerprint density at radius 2 is 1.70 bits per heavy atom. The third kappa shape index (κ3) is 22.9. The molecule has 3 aromatic carbocycles. The van der Waals surface area contributed by atoms with Crippen LogP contribution in [-0.2, 0) is 43.1 Å². The Hall–Kier alpha value is -5.37. The van der Waals surface area contributed by atoms with Crippen molar-refractivity contribution in [3.8, 4) is 29.5 Å². The van der Waals surface area contributed by atoms with Gasteiger partial charge in [0, 0.05) is 51.1 Å². The molecule has 456 valence electrons. The van der Waals surface area contributed by atoms with Gasteiger partial charge in [-0.15, -0.1) is 23.1 Å². The molecule has 0 saturated carbocycles. The van der Waals surface area contributed by atoms with E-state index in [-0.39, 0.29) is 65.5 Å². The number of carboxylic acid groups (broad SMARTS) is 1. The lowest BCUT2D eigenvalue weighted by Crippen LogP contribution is -2.47. The number of carboxylic acids is 1. The van der Waals surface area contributed by atoms with E-state index in [1.54, 1.807) is 27.5 Å². The van der Waals surface area contributed by atoms with E-state index < -0.39 is 24.2 Å². The van der Waals surface area contributed by atoms with E-state index in [0.717, 1.165) is 60.6 Å². The molecule has 6 N–H and O–H groups in total. The summed E-state index contributed by atoms with van der Waals surface area (Å²) >= 11 is 35.1. The van der Waals surface area contributed by atoms with Crippen LogP contribution in [0, 0.1) is 19.3 Å². The Morgan fingerprint density at radius 1 is 1.02 bits per heavy atom. The second-order valence-corrected chi connectivity index (χ2v) is 25.0. The zero-order chi connectivity index (χ0) is 62.4. The van der Waals surface area contributed by atoms with Crippen LogP contribution < -0.4 is 41.3 Å². The summed E-state index contributed by atoms with van der Waals surface area (Å²) in [5, 5.41) is 19.6. The van der Waals surface area contributed by atoms with Crippen molar-refractivity contribution in [2.24, 2.45) is 5.73 Å². The van der Waals surface area contributed by atoms with Crippen LogP contribution in [0.5, 0.6) is 11.5 Å². The highest BCUT2D eigenvalue weighted by Crippen LogP contribution is 2.37. The van der Waals surface area contributed by atoms with Gasteiger partial charge in [0.25, 0.3) is 5.91 Å². The van der Waals surface area contributed by atoms with E-state index in [0.29, 0.717) is 58.9 Å². The molecule has 2 amide bonds. The van der Waals surface area contributed by atoms with Gasteiger partial charge >= 0.3 is 11.7 Å². The number of hydrogen-bond donors (Lipinski definition) is 5. The Bertz CT molecular complexity index is 3100. The summed E-state index contributed by atoms with van der Waals surface area (Å²) in [4.78, 5) is 69.8. The maximum atomic E-state index is 12.5. The number of aromatic nitrogens is 6. The summed E-state index contributed by atoms with van der Waals surface area (Å²) in [6, 6.07) is 15.4. The van der Waals surface area contributed by atoms with Crippen molar-refractivity contribution in [3.05, 3.63) is 97.4 Å². The lowest BCUT2D eigenvalue weighted by atomic mass is 10.0. The molecule has 21 nitrogen and oxygen atoms in total. The molecule has 2 aliphatic heterocycles. The molecule has 5 aromatic rings. The average Bonchev–Trinajstić information content (AvgIpc) is 3.42. The minimum absolute atomic E-state index is 0.0223. The monoisotopic (exact) mass is 1290 g/mol. The molecule has 4 atom stereocenters. The number of nitrogens with two attached hydrogens (primary N) is 1. The molecule has 4 unspecified atom stereocenters. The van der Waals surface area contributed by atoms with Gasteiger partial charge in [-0.1, -0.05) is 89.6 Å². The third-order valence-corrected chi connectivity index (χ3v) is 14.2. The Kier molecular flexibility index (Phi) is 29.9. The van der Waals surface area contributed by atoms with E-state index in [4.69, 9.17) is 106 Å². The van der Waals surface area contributed by atoms with Gasteiger partial charge in [-0.3, -0.25) is 23.5 Å². The third-order valence-electron chi connectivity index (χ3n) is 11.8. The molecule has 0 bridgehead atoms. The van der Waals surface area contributed by atoms with E-state index in [1.165, 1.54) is 17.4 Å². The van der Waals surface area contributed by atoms with E-state index in [2.05, 4.69) is 49.6 Å². The number of hydrogen-bond acceptors (Lipinski definition) is 15. The number of ether oxygens (including phenoxy) is 3. The van der Waals surface area contributed by atoms with Crippen LogP contribution in [-0.4, -0.2) is 138 Å². The number of benzene rings is 3. The van der Waals surface area contributed by atoms with E-state index in [9.17, 15) is 23.7 Å². The Morgan fingerprint density at radius 3 is 2.28 bits per heavy atom. The molecule has 0 radical (unpaired) electrons. The van der Waals surface area contributed by atoms with Crippen molar-refractivity contribution < 1.29 is 43.2 Å². The topological polar surface area (TPSA) is 271 Å². The predicted octanol–water partition coefficient (Wildman–Crippen LogP) is 10.3. The first kappa shape index (κ1) is 71.9. The highest BCUT2D eigenvalue weighted by Gasteiger charge is 2.32. The summed E-state index contributed by atoms with van der Waals surface area (Å²) in [5.74, 6) is 3.60. The number of aryl methyl sites for hydroxylation is 3. The summed E-state index contributed by atoms with van der Waals surface area (Å²) in [5.41, 5.74) is 9.15. The second-order valence-electron chi connectivity index (χ2n) is 19.9. The van der Waals surface area contributed by atoms with Crippen molar-refractivity contribution in [2.45, 2.75) is 123 Å². The fraction of sp³-hybridized carbons (Fsp3) is 0.491.